The highest BCUT2D eigenvalue weighted by atomic mass is 19.1. The lowest BCUT2D eigenvalue weighted by atomic mass is 9.95. The zero-order valence-electron chi connectivity index (χ0n) is 18.1. The van der Waals surface area contributed by atoms with Gasteiger partial charge in [-0.1, -0.05) is 0 Å². The van der Waals surface area contributed by atoms with E-state index in [9.17, 15) is 14.3 Å². The summed E-state index contributed by atoms with van der Waals surface area (Å²) in [5.41, 5.74) is 0.175. The smallest absolute Gasteiger partial charge is 0.256 e. The van der Waals surface area contributed by atoms with Crippen LogP contribution < -0.4 is 4.90 Å². The van der Waals surface area contributed by atoms with E-state index in [0.717, 1.165) is 31.4 Å². The van der Waals surface area contributed by atoms with Crippen molar-refractivity contribution in [3.63, 3.8) is 0 Å². The van der Waals surface area contributed by atoms with Gasteiger partial charge in [0.25, 0.3) is 5.91 Å². The molecule has 1 N–H and O–H groups in total. The molecule has 0 aliphatic carbocycles. The van der Waals surface area contributed by atoms with Crippen LogP contribution in [0.1, 0.15) is 29.6 Å². The Morgan fingerprint density at radius 3 is 2.58 bits per heavy atom. The maximum atomic E-state index is 15.1. The van der Waals surface area contributed by atoms with Gasteiger partial charge in [0.2, 0.25) is 0 Å². The van der Waals surface area contributed by atoms with Gasteiger partial charge in [0, 0.05) is 38.8 Å². The number of alkyl halides is 1. The fourth-order valence-corrected chi connectivity index (χ4v) is 4.74. The van der Waals surface area contributed by atoms with Crippen LogP contribution in [0.25, 0.3) is 11.3 Å². The number of phenolic OH excluding ortho intramolecular Hbond substituents is 1. The van der Waals surface area contributed by atoms with Gasteiger partial charge in [-0.2, -0.15) is 0 Å². The Morgan fingerprint density at radius 1 is 1.19 bits per heavy atom. The van der Waals surface area contributed by atoms with Gasteiger partial charge in [0.05, 0.1) is 17.3 Å². The molecule has 1 amide bonds. The largest absolute Gasteiger partial charge is 0.507 e. The number of hydrogen-bond acceptors (Lipinski definition) is 6. The van der Waals surface area contributed by atoms with Gasteiger partial charge in [-0.05, 0) is 50.6 Å². The number of fused-ring (bicyclic) bond motifs is 2. The Labute approximate surface area is 180 Å². The molecule has 2 aliphatic heterocycles. The molecule has 1 aromatic carbocycles. The Hall–Kier alpha value is -2.81. The summed E-state index contributed by atoms with van der Waals surface area (Å²) in [6.07, 6.45) is 1.62. The number of anilines is 1. The van der Waals surface area contributed by atoms with E-state index in [2.05, 4.69) is 15.1 Å². The third kappa shape index (κ3) is 3.71. The SMILES string of the molecule is CN(C)C(=O)c1cc(O)c(-c2ccc(N(C)[C@H]3CC4CCC([C@H]3F)N4C)nn2)cc1F. The fourth-order valence-electron chi connectivity index (χ4n) is 4.74. The van der Waals surface area contributed by atoms with Crippen molar-refractivity contribution in [3.8, 4) is 17.0 Å². The molecular weight excluding hydrogens is 404 g/mol. The van der Waals surface area contributed by atoms with E-state index in [1.807, 2.05) is 19.0 Å². The Morgan fingerprint density at radius 2 is 1.94 bits per heavy atom. The van der Waals surface area contributed by atoms with Crippen molar-refractivity contribution in [2.24, 2.45) is 0 Å². The highest BCUT2D eigenvalue weighted by molar-refractivity contribution is 5.95. The normalized spacial score (nSPS) is 25.5. The van der Waals surface area contributed by atoms with Crippen LogP contribution in [0.4, 0.5) is 14.6 Å². The molecule has 7 nitrogen and oxygen atoms in total. The summed E-state index contributed by atoms with van der Waals surface area (Å²) in [5, 5.41) is 18.7. The van der Waals surface area contributed by atoms with Crippen molar-refractivity contribution in [3.05, 3.63) is 35.6 Å². The van der Waals surface area contributed by atoms with E-state index in [0.29, 0.717) is 11.9 Å². The van der Waals surface area contributed by atoms with Crippen LogP contribution in [0, 0.1) is 5.82 Å². The van der Waals surface area contributed by atoms with Gasteiger partial charge < -0.3 is 14.9 Å². The molecule has 4 atom stereocenters. The molecule has 2 fully saturated rings. The summed E-state index contributed by atoms with van der Waals surface area (Å²) in [5.74, 6) is -1.05. The quantitative estimate of drug-likeness (QED) is 0.803. The first-order valence-electron chi connectivity index (χ1n) is 10.4. The number of benzene rings is 1. The van der Waals surface area contributed by atoms with Crippen molar-refractivity contribution in [2.75, 3.05) is 33.1 Å². The standard InChI is InChI=1S/C22H27F2N5O2/c1-27(2)22(31)13-11-19(30)14(10-15(13)23)16-6-8-20(26-25-16)29(4)18-9-12-5-7-17(21(18)24)28(12)3/h6,8,10-12,17-18,21,30H,5,7,9H2,1-4H3/t12?,17?,18-,21+/m0/s1. The molecule has 0 spiro atoms. The molecule has 2 bridgehead atoms. The molecule has 0 saturated carbocycles. The minimum atomic E-state index is -0.977. The Balaban J connectivity index is 1.56. The second kappa shape index (κ2) is 8.03. The summed E-state index contributed by atoms with van der Waals surface area (Å²) in [7, 11) is 6.81. The maximum absolute atomic E-state index is 15.1. The average molecular weight is 431 g/mol. The lowest BCUT2D eigenvalue weighted by molar-refractivity contribution is 0.0701. The number of hydrogen-bond donors (Lipinski definition) is 1. The van der Waals surface area contributed by atoms with Gasteiger partial charge >= 0.3 is 0 Å². The highest BCUT2D eigenvalue weighted by Gasteiger charge is 2.47. The van der Waals surface area contributed by atoms with Gasteiger partial charge in [0.15, 0.2) is 5.82 Å². The second-order valence-corrected chi connectivity index (χ2v) is 8.65. The number of halogens is 2. The number of piperidine rings is 1. The third-order valence-electron chi connectivity index (χ3n) is 6.65. The number of amides is 1. The van der Waals surface area contributed by atoms with Crippen LogP contribution in [-0.4, -0.2) is 83.5 Å². The van der Waals surface area contributed by atoms with E-state index in [-0.39, 0.29) is 34.7 Å². The molecule has 4 rings (SSSR count). The predicted octanol–water partition coefficient (Wildman–Crippen LogP) is 2.70. The molecule has 1 aromatic heterocycles. The number of nitrogens with zero attached hydrogens (tertiary/aromatic N) is 5. The number of phenols is 1. The van der Waals surface area contributed by atoms with E-state index < -0.39 is 17.9 Å². The summed E-state index contributed by atoms with van der Waals surface area (Å²) in [4.78, 5) is 17.2. The molecule has 2 saturated heterocycles. The maximum Gasteiger partial charge on any atom is 0.256 e. The predicted molar refractivity (Wildman–Crippen MR) is 113 cm³/mol. The lowest BCUT2D eigenvalue weighted by Gasteiger charge is -2.43. The molecule has 31 heavy (non-hydrogen) atoms. The van der Waals surface area contributed by atoms with Crippen LogP contribution >= 0.6 is 0 Å². The second-order valence-electron chi connectivity index (χ2n) is 8.65. The van der Waals surface area contributed by atoms with Gasteiger partial charge in [-0.25, -0.2) is 8.78 Å². The summed E-state index contributed by atoms with van der Waals surface area (Å²) in [6.45, 7) is 0. The van der Waals surface area contributed by atoms with Crippen molar-refractivity contribution in [1.82, 2.24) is 20.0 Å². The number of aromatic hydroxyl groups is 1. The molecular formula is C22H27F2N5O2. The molecule has 2 aromatic rings. The van der Waals surface area contributed by atoms with Crippen LogP contribution in [0.5, 0.6) is 5.75 Å². The first-order chi connectivity index (χ1) is 14.7. The monoisotopic (exact) mass is 431 g/mol. The molecule has 9 heteroatoms. The minimum Gasteiger partial charge on any atom is -0.507 e. The van der Waals surface area contributed by atoms with Crippen molar-refractivity contribution in [2.45, 2.75) is 43.6 Å². The summed E-state index contributed by atoms with van der Waals surface area (Å²) >= 11 is 0. The van der Waals surface area contributed by atoms with E-state index >= 15 is 4.39 Å². The Bertz CT molecular complexity index is 985. The van der Waals surface area contributed by atoms with E-state index in [1.54, 1.807) is 12.1 Å². The van der Waals surface area contributed by atoms with Gasteiger partial charge in [0.1, 0.15) is 17.7 Å². The molecule has 3 heterocycles. The van der Waals surface area contributed by atoms with Crippen LogP contribution in [0.2, 0.25) is 0 Å². The van der Waals surface area contributed by atoms with Crippen molar-refractivity contribution < 1.29 is 18.7 Å². The first-order valence-corrected chi connectivity index (χ1v) is 10.4. The van der Waals surface area contributed by atoms with Gasteiger partial charge in [-0.15, -0.1) is 10.2 Å². The van der Waals surface area contributed by atoms with Crippen LogP contribution in [0.15, 0.2) is 24.3 Å². The Kier molecular flexibility index (Phi) is 5.55. The third-order valence-corrected chi connectivity index (χ3v) is 6.65. The molecule has 2 aliphatic rings. The number of carbonyl (C=O) groups excluding carboxylic acids is 1. The van der Waals surface area contributed by atoms with E-state index in [1.165, 1.54) is 19.0 Å². The molecule has 2 unspecified atom stereocenters. The van der Waals surface area contributed by atoms with Gasteiger partial charge in [-0.3, -0.25) is 9.69 Å². The highest BCUT2D eigenvalue weighted by Crippen LogP contribution is 2.39. The number of aromatic nitrogens is 2. The number of carbonyl (C=O) groups is 1. The fraction of sp³-hybridized carbons (Fsp3) is 0.500. The number of rotatable bonds is 4. The lowest BCUT2D eigenvalue weighted by Crippen LogP contribution is -2.56. The molecule has 166 valence electrons. The molecule has 0 radical (unpaired) electrons. The van der Waals surface area contributed by atoms with Crippen molar-refractivity contribution in [1.29, 1.82) is 0 Å². The zero-order valence-corrected chi connectivity index (χ0v) is 18.1. The average Bonchev–Trinajstić information content (AvgIpc) is 3.01. The summed E-state index contributed by atoms with van der Waals surface area (Å²) < 4.78 is 29.6. The van der Waals surface area contributed by atoms with Crippen molar-refractivity contribution >= 4 is 11.7 Å². The first kappa shape index (κ1) is 21.4. The zero-order chi connectivity index (χ0) is 22.4. The van der Waals surface area contributed by atoms with E-state index in [4.69, 9.17) is 0 Å². The summed E-state index contributed by atoms with van der Waals surface area (Å²) in [6, 6.07) is 5.49. The van der Waals surface area contributed by atoms with Crippen LogP contribution in [-0.2, 0) is 0 Å². The topological polar surface area (TPSA) is 72.8 Å². The minimum absolute atomic E-state index is 0.0678. The van der Waals surface area contributed by atoms with Crippen LogP contribution in [0.3, 0.4) is 0 Å².